The quantitative estimate of drug-likeness (QED) is 0.692. The van der Waals surface area contributed by atoms with Crippen LogP contribution in [0.1, 0.15) is 25.3 Å². The SMILES string of the molecule is C/C=C\C(NC)=C(/C)C(CN)c1ccnc(N)c1. The first-order valence-corrected chi connectivity index (χ1v) is 6.06. The van der Waals surface area contributed by atoms with Gasteiger partial charge in [0.15, 0.2) is 0 Å². The molecule has 0 saturated heterocycles. The molecule has 0 spiro atoms. The topological polar surface area (TPSA) is 77.0 Å². The third-order valence-corrected chi connectivity index (χ3v) is 2.99. The van der Waals surface area contributed by atoms with Crippen LogP contribution in [0.15, 0.2) is 41.8 Å². The Labute approximate surface area is 109 Å². The van der Waals surface area contributed by atoms with Crippen LogP contribution >= 0.6 is 0 Å². The number of hydrogen-bond donors (Lipinski definition) is 3. The zero-order chi connectivity index (χ0) is 13.5. The van der Waals surface area contributed by atoms with Crippen LogP contribution in [0.4, 0.5) is 5.82 Å². The van der Waals surface area contributed by atoms with Gasteiger partial charge in [-0.1, -0.05) is 6.08 Å². The molecular formula is C14H22N4. The van der Waals surface area contributed by atoms with Crippen LogP contribution in [0.25, 0.3) is 0 Å². The van der Waals surface area contributed by atoms with Crippen LogP contribution in [-0.2, 0) is 0 Å². The van der Waals surface area contributed by atoms with Gasteiger partial charge < -0.3 is 16.8 Å². The van der Waals surface area contributed by atoms with Crippen molar-refractivity contribution >= 4 is 5.82 Å². The molecule has 1 atom stereocenters. The second-order valence-corrected chi connectivity index (χ2v) is 4.15. The number of nitrogens with one attached hydrogen (secondary N) is 1. The number of allylic oxidation sites excluding steroid dienone is 2. The maximum Gasteiger partial charge on any atom is 0.123 e. The Kier molecular flexibility index (Phi) is 5.39. The molecule has 0 radical (unpaired) electrons. The highest BCUT2D eigenvalue weighted by Crippen LogP contribution is 2.25. The molecule has 1 aromatic rings. The van der Waals surface area contributed by atoms with Gasteiger partial charge in [-0.2, -0.15) is 0 Å². The predicted molar refractivity (Wildman–Crippen MR) is 77.0 cm³/mol. The molecule has 0 aliphatic heterocycles. The number of nitrogens with two attached hydrogens (primary N) is 2. The lowest BCUT2D eigenvalue weighted by molar-refractivity contribution is 0.776. The summed E-state index contributed by atoms with van der Waals surface area (Å²) >= 11 is 0. The molecule has 0 saturated carbocycles. The fraction of sp³-hybridized carbons (Fsp3) is 0.357. The Morgan fingerprint density at radius 2 is 2.28 bits per heavy atom. The lowest BCUT2D eigenvalue weighted by Crippen LogP contribution is -2.18. The van der Waals surface area contributed by atoms with E-state index in [-0.39, 0.29) is 5.92 Å². The molecule has 1 unspecified atom stereocenters. The maximum absolute atomic E-state index is 5.90. The van der Waals surface area contributed by atoms with Crippen LogP contribution in [0.5, 0.6) is 0 Å². The molecule has 98 valence electrons. The number of nitrogen functional groups attached to an aromatic ring is 1. The summed E-state index contributed by atoms with van der Waals surface area (Å²) in [5, 5.41) is 3.19. The molecule has 4 nitrogen and oxygen atoms in total. The van der Waals surface area contributed by atoms with Crippen LogP contribution in [0, 0.1) is 0 Å². The van der Waals surface area contributed by atoms with Gasteiger partial charge in [-0.05, 0) is 43.2 Å². The molecule has 18 heavy (non-hydrogen) atoms. The summed E-state index contributed by atoms with van der Waals surface area (Å²) in [6.07, 6.45) is 5.77. The van der Waals surface area contributed by atoms with E-state index in [0.717, 1.165) is 11.3 Å². The second-order valence-electron chi connectivity index (χ2n) is 4.15. The van der Waals surface area contributed by atoms with Crippen molar-refractivity contribution in [2.45, 2.75) is 19.8 Å². The normalized spacial score (nSPS) is 14.4. The van der Waals surface area contributed by atoms with Gasteiger partial charge in [0.25, 0.3) is 0 Å². The standard InChI is InChI=1S/C14H22N4/c1-4-5-13(17-3)10(2)12(9-15)11-6-7-18-14(16)8-11/h4-8,12,17H,9,15H2,1-3H3,(H2,16,18)/b5-4-,13-10-. The summed E-state index contributed by atoms with van der Waals surface area (Å²) in [5.41, 5.74) is 15.0. The Morgan fingerprint density at radius 1 is 1.56 bits per heavy atom. The van der Waals surface area contributed by atoms with Gasteiger partial charge in [-0.25, -0.2) is 4.98 Å². The minimum absolute atomic E-state index is 0.147. The highest BCUT2D eigenvalue weighted by molar-refractivity contribution is 5.39. The zero-order valence-corrected chi connectivity index (χ0v) is 11.3. The summed E-state index contributed by atoms with van der Waals surface area (Å²) < 4.78 is 0. The molecule has 0 amide bonds. The molecule has 1 aromatic heterocycles. The average molecular weight is 246 g/mol. The van der Waals surface area contributed by atoms with Gasteiger partial charge in [0, 0.05) is 31.4 Å². The van der Waals surface area contributed by atoms with E-state index in [1.165, 1.54) is 5.57 Å². The van der Waals surface area contributed by atoms with Crippen molar-refractivity contribution in [3.8, 4) is 0 Å². The molecule has 1 rings (SSSR count). The molecule has 0 aliphatic carbocycles. The number of hydrogen-bond acceptors (Lipinski definition) is 4. The van der Waals surface area contributed by atoms with E-state index in [1.54, 1.807) is 6.20 Å². The molecule has 4 heteroatoms. The first-order valence-electron chi connectivity index (χ1n) is 6.06. The first kappa shape index (κ1) is 14.3. The number of rotatable bonds is 5. The van der Waals surface area contributed by atoms with Crippen molar-refractivity contribution in [2.24, 2.45) is 5.73 Å². The van der Waals surface area contributed by atoms with Crippen LogP contribution in [0.3, 0.4) is 0 Å². The van der Waals surface area contributed by atoms with Crippen molar-refractivity contribution in [2.75, 3.05) is 19.3 Å². The van der Waals surface area contributed by atoms with E-state index in [4.69, 9.17) is 11.5 Å². The third-order valence-electron chi connectivity index (χ3n) is 2.99. The minimum Gasteiger partial charge on any atom is -0.388 e. The van der Waals surface area contributed by atoms with Gasteiger partial charge in [0.1, 0.15) is 5.82 Å². The van der Waals surface area contributed by atoms with Gasteiger partial charge in [0.2, 0.25) is 0 Å². The van der Waals surface area contributed by atoms with E-state index < -0.39 is 0 Å². The highest BCUT2D eigenvalue weighted by Gasteiger charge is 2.14. The predicted octanol–water partition coefficient (Wildman–Crippen LogP) is 1.78. The number of likely N-dealkylation sites (N-methyl/N-ethyl adjacent to an activating group) is 1. The Hall–Kier alpha value is -1.81. The second kappa shape index (κ2) is 6.81. The van der Waals surface area contributed by atoms with E-state index in [9.17, 15) is 0 Å². The zero-order valence-electron chi connectivity index (χ0n) is 11.3. The molecular weight excluding hydrogens is 224 g/mol. The first-order chi connectivity index (χ1) is 8.63. The number of pyridine rings is 1. The van der Waals surface area contributed by atoms with Gasteiger partial charge >= 0.3 is 0 Å². The van der Waals surface area contributed by atoms with Crippen LogP contribution in [-0.4, -0.2) is 18.6 Å². The number of anilines is 1. The number of nitrogens with zero attached hydrogens (tertiary/aromatic N) is 1. The van der Waals surface area contributed by atoms with Crippen LogP contribution in [0.2, 0.25) is 0 Å². The molecule has 5 N–H and O–H groups in total. The van der Waals surface area contributed by atoms with Crippen molar-refractivity contribution in [3.63, 3.8) is 0 Å². The lowest BCUT2D eigenvalue weighted by atomic mass is 9.91. The monoisotopic (exact) mass is 246 g/mol. The highest BCUT2D eigenvalue weighted by atomic mass is 14.8. The van der Waals surface area contributed by atoms with E-state index in [0.29, 0.717) is 12.4 Å². The Balaban J connectivity index is 3.17. The summed E-state index contributed by atoms with van der Waals surface area (Å²) in [6, 6.07) is 3.84. The maximum atomic E-state index is 5.90. The molecule has 0 fully saturated rings. The van der Waals surface area contributed by atoms with Crippen molar-refractivity contribution in [3.05, 3.63) is 47.3 Å². The Morgan fingerprint density at radius 3 is 2.78 bits per heavy atom. The molecule has 0 aliphatic rings. The molecule has 0 bridgehead atoms. The van der Waals surface area contributed by atoms with Gasteiger partial charge in [-0.3, -0.25) is 0 Å². The fourth-order valence-electron chi connectivity index (χ4n) is 2.01. The van der Waals surface area contributed by atoms with Crippen molar-refractivity contribution in [1.82, 2.24) is 10.3 Å². The average Bonchev–Trinajstić information content (AvgIpc) is 2.36. The lowest BCUT2D eigenvalue weighted by Gasteiger charge is -2.19. The van der Waals surface area contributed by atoms with Crippen molar-refractivity contribution < 1.29 is 0 Å². The smallest absolute Gasteiger partial charge is 0.123 e. The third kappa shape index (κ3) is 3.34. The molecule has 1 heterocycles. The van der Waals surface area contributed by atoms with E-state index >= 15 is 0 Å². The number of aromatic nitrogens is 1. The Bertz CT molecular complexity index is 449. The summed E-state index contributed by atoms with van der Waals surface area (Å²) in [4.78, 5) is 4.01. The summed E-state index contributed by atoms with van der Waals surface area (Å²) in [5.74, 6) is 0.671. The van der Waals surface area contributed by atoms with Crippen molar-refractivity contribution in [1.29, 1.82) is 0 Å². The van der Waals surface area contributed by atoms with Gasteiger partial charge in [0.05, 0.1) is 0 Å². The summed E-state index contributed by atoms with van der Waals surface area (Å²) in [6.45, 7) is 4.62. The molecule has 0 aromatic carbocycles. The van der Waals surface area contributed by atoms with E-state index in [1.807, 2.05) is 38.3 Å². The summed E-state index contributed by atoms with van der Waals surface area (Å²) in [7, 11) is 1.91. The van der Waals surface area contributed by atoms with Gasteiger partial charge in [-0.15, -0.1) is 0 Å². The van der Waals surface area contributed by atoms with Crippen LogP contribution < -0.4 is 16.8 Å². The minimum atomic E-state index is 0.147. The van der Waals surface area contributed by atoms with E-state index in [2.05, 4.69) is 17.2 Å². The fourth-order valence-corrected chi connectivity index (χ4v) is 2.01. The largest absolute Gasteiger partial charge is 0.388 e.